The largest absolute Gasteiger partial charge is 0.346 e. The Bertz CT molecular complexity index is 448. The Balaban J connectivity index is 2.99. The van der Waals surface area contributed by atoms with Crippen LogP contribution >= 0.6 is 0 Å². The van der Waals surface area contributed by atoms with Gasteiger partial charge in [0.25, 0.3) is 0 Å². The maximum Gasteiger partial charge on any atom is 0.346 e. The van der Waals surface area contributed by atoms with Crippen LogP contribution in [0.5, 0.6) is 0 Å². The van der Waals surface area contributed by atoms with E-state index in [1.165, 1.54) is 5.01 Å². The predicted molar refractivity (Wildman–Crippen MR) is 71.1 cm³/mol. The molecule has 0 aromatic heterocycles. The molecule has 0 atom stereocenters. The molecule has 0 saturated carbocycles. The molecule has 0 spiro atoms. The van der Waals surface area contributed by atoms with Crippen LogP contribution in [0.1, 0.15) is 13.3 Å². The van der Waals surface area contributed by atoms with E-state index in [1.54, 1.807) is 44.5 Å². The molecule has 0 aliphatic heterocycles. The lowest BCUT2D eigenvalue weighted by Crippen LogP contribution is -2.51. The van der Waals surface area contributed by atoms with Gasteiger partial charge in [0, 0.05) is 13.5 Å². The van der Waals surface area contributed by atoms with E-state index in [9.17, 15) is 14.4 Å². The van der Waals surface area contributed by atoms with Gasteiger partial charge in [0.05, 0.1) is 12.2 Å². The highest BCUT2D eigenvalue weighted by Gasteiger charge is 2.25. The standard InChI is InChI=1S/C13H16N3O3/c1-3-12(18)15(9-10-17)13(19)16(14-2)11-7-5-4-6-8-11/h4-8,14H,3,9H2,1-2H3. The van der Waals surface area contributed by atoms with Crippen LogP contribution < -0.4 is 10.4 Å². The monoisotopic (exact) mass is 262 g/mol. The number of urea groups is 1. The van der Waals surface area contributed by atoms with Crippen molar-refractivity contribution in [1.29, 1.82) is 0 Å². The van der Waals surface area contributed by atoms with Crippen LogP contribution in [0.15, 0.2) is 30.3 Å². The molecule has 0 aliphatic rings. The quantitative estimate of drug-likeness (QED) is 0.807. The second-order valence-corrected chi connectivity index (χ2v) is 3.65. The van der Waals surface area contributed by atoms with Gasteiger partial charge in [-0.25, -0.2) is 15.2 Å². The van der Waals surface area contributed by atoms with Crippen LogP contribution in [-0.4, -0.2) is 36.7 Å². The van der Waals surface area contributed by atoms with E-state index >= 15 is 0 Å². The lowest BCUT2D eigenvalue weighted by molar-refractivity contribution is -0.127. The van der Waals surface area contributed by atoms with Gasteiger partial charge in [-0.3, -0.25) is 14.5 Å². The third kappa shape index (κ3) is 3.62. The Morgan fingerprint density at radius 3 is 2.37 bits per heavy atom. The van der Waals surface area contributed by atoms with E-state index in [1.807, 2.05) is 6.07 Å². The van der Waals surface area contributed by atoms with Gasteiger partial charge in [-0.05, 0) is 12.1 Å². The van der Waals surface area contributed by atoms with Crippen molar-refractivity contribution in [3.63, 3.8) is 0 Å². The molecule has 19 heavy (non-hydrogen) atoms. The fraction of sp³-hybridized carbons (Fsp3) is 0.308. The average Bonchev–Trinajstić information content (AvgIpc) is 2.45. The van der Waals surface area contributed by atoms with E-state index in [-0.39, 0.29) is 13.0 Å². The number of imide groups is 1. The summed E-state index contributed by atoms with van der Waals surface area (Å²) in [5, 5.41) is 1.20. The zero-order valence-corrected chi connectivity index (χ0v) is 10.9. The van der Waals surface area contributed by atoms with Crippen molar-refractivity contribution in [3.8, 4) is 0 Å². The van der Waals surface area contributed by atoms with Crippen molar-refractivity contribution >= 4 is 23.9 Å². The molecule has 1 aromatic carbocycles. The van der Waals surface area contributed by atoms with Crippen LogP contribution in [0.3, 0.4) is 0 Å². The number of carbonyl (C=O) groups excluding carboxylic acids is 3. The summed E-state index contributed by atoms with van der Waals surface area (Å²) in [5.74, 6) is -0.426. The first-order valence-electron chi connectivity index (χ1n) is 5.87. The summed E-state index contributed by atoms with van der Waals surface area (Å²) in [4.78, 5) is 35.3. The first-order valence-corrected chi connectivity index (χ1v) is 5.87. The first kappa shape index (κ1) is 14.8. The van der Waals surface area contributed by atoms with Gasteiger partial charge in [0.15, 0.2) is 0 Å². The second kappa shape index (κ2) is 7.27. The fourth-order valence-corrected chi connectivity index (χ4v) is 1.55. The number of hydrazine groups is 1. The number of benzene rings is 1. The summed E-state index contributed by atoms with van der Waals surface area (Å²) in [5.41, 5.74) is 3.27. The summed E-state index contributed by atoms with van der Waals surface area (Å²) < 4.78 is 0. The van der Waals surface area contributed by atoms with E-state index < -0.39 is 11.9 Å². The molecule has 0 bridgehead atoms. The van der Waals surface area contributed by atoms with Crippen molar-refractivity contribution in [2.24, 2.45) is 0 Å². The Labute approximate surface area is 112 Å². The minimum atomic E-state index is -0.607. The minimum Gasteiger partial charge on any atom is -0.289 e. The molecular weight excluding hydrogens is 246 g/mol. The lowest BCUT2D eigenvalue weighted by atomic mass is 10.3. The van der Waals surface area contributed by atoms with E-state index in [4.69, 9.17) is 0 Å². The van der Waals surface area contributed by atoms with Crippen LogP contribution in [0.25, 0.3) is 0 Å². The summed E-state index contributed by atoms with van der Waals surface area (Å²) in [6, 6.07) is 8.18. The number of carbonyl (C=O) groups is 2. The third-order valence-electron chi connectivity index (χ3n) is 2.49. The fourth-order valence-electron chi connectivity index (χ4n) is 1.55. The Morgan fingerprint density at radius 1 is 1.26 bits per heavy atom. The van der Waals surface area contributed by atoms with Gasteiger partial charge >= 0.3 is 6.03 Å². The SMILES string of the molecule is CCC(=O)N(C[C]=O)C(=O)N(NC)c1ccccc1. The molecular formula is C13H16N3O3. The van der Waals surface area contributed by atoms with Gasteiger partial charge in [0.1, 0.15) is 0 Å². The topological polar surface area (TPSA) is 69.7 Å². The highest BCUT2D eigenvalue weighted by atomic mass is 16.2. The molecule has 0 fully saturated rings. The highest BCUT2D eigenvalue weighted by molar-refractivity contribution is 6.03. The number of nitrogens with one attached hydrogen (secondary N) is 1. The van der Waals surface area contributed by atoms with Crippen molar-refractivity contribution in [1.82, 2.24) is 10.3 Å². The molecule has 1 aromatic rings. The molecule has 101 valence electrons. The van der Waals surface area contributed by atoms with Crippen molar-refractivity contribution in [3.05, 3.63) is 30.3 Å². The molecule has 1 rings (SSSR count). The smallest absolute Gasteiger partial charge is 0.289 e. The van der Waals surface area contributed by atoms with Gasteiger partial charge in [-0.15, -0.1) is 0 Å². The maximum absolute atomic E-state index is 12.3. The number of hydrogen-bond acceptors (Lipinski definition) is 4. The summed E-state index contributed by atoms with van der Waals surface area (Å²) >= 11 is 0. The molecule has 6 heteroatoms. The van der Waals surface area contributed by atoms with E-state index in [0.717, 1.165) is 4.90 Å². The zero-order valence-electron chi connectivity index (χ0n) is 10.9. The summed E-state index contributed by atoms with van der Waals surface area (Å²) in [7, 11) is 1.56. The molecule has 0 unspecified atom stereocenters. The molecule has 0 aliphatic carbocycles. The summed E-state index contributed by atoms with van der Waals surface area (Å²) in [6.45, 7) is 1.25. The van der Waals surface area contributed by atoms with Crippen LogP contribution in [0, 0.1) is 0 Å². The van der Waals surface area contributed by atoms with Crippen LogP contribution in [0.4, 0.5) is 10.5 Å². The van der Waals surface area contributed by atoms with Crippen LogP contribution in [-0.2, 0) is 9.59 Å². The molecule has 1 radical (unpaired) electrons. The second-order valence-electron chi connectivity index (χ2n) is 3.65. The maximum atomic E-state index is 12.3. The Morgan fingerprint density at radius 2 is 1.89 bits per heavy atom. The van der Waals surface area contributed by atoms with E-state index in [2.05, 4.69) is 5.43 Å². The number of hydrogen-bond donors (Lipinski definition) is 1. The average molecular weight is 262 g/mol. The molecule has 0 heterocycles. The molecule has 3 amide bonds. The Hall–Kier alpha value is -2.21. The molecule has 1 N–H and O–H groups in total. The normalized spacial score (nSPS) is 9.79. The lowest BCUT2D eigenvalue weighted by Gasteiger charge is -2.27. The van der Waals surface area contributed by atoms with Crippen molar-refractivity contribution < 1.29 is 14.4 Å². The number of rotatable bonds is 5. The van der Waals surface area contributed by atoms with Crippen LogP contribution in [0.2, 0.25) is 0 Å². The predicted octanol–water partition coefficient (Wildman–Crippen LogP) is 1.10. The number of amides is 3. The third-order valence-corrected chi connectivity index (χ3v) is 2.49. The van der Waals surface area contributed by atoms with Gasteiger partial charge < -0.3 is 0 Å². The molecule has 6 nitrogen and oxygen atoms in total. The summed E-state index contributed by atoms with van der Waals surface area (Å²) in [6.07, 6.45) is 1.71. The van der Waals surface area contributed by atoms with Crippen molar-refractivity contribution in [2.45, 2.75) is 13.3 Å². The van der Waals surface area contributed by atoms with Crippen molar-refractivity contribution in [2.75, 3.05) is 18.6 Å². The zero-order chi connectivity index (χ0) is 14.3. The number of nitrogens with zero attached hydrogens (tertiary/aromatic N) is 2. The Kier molecular flexibility index (Phi) is 5.69. The minimum absolute atomic E-state index is 0.139. The van der Waals surface area contributed by atoms with E-state index in [0.29, 0.717) is 5.69 Å². The number of anilines is 1. The number of para-hydroxylation sites is 1. The highest BCUT2D eigenvalue weighted by Crippen LogP contribution is 2.13. The first-order chi connectivity index (χ1) is 9.15. The van der Waals surface area contributed by atoms with Gasteiger partial charge in [-0.1, -0.05) is 25.1 Å². The van der Waals surface area contributed by atoms with Gasteiger partial charge in [0.2, 0.25) is 12.2 Å². The van der Waals surface area contributed by atoms with Gasteiger partial charge in [-0.2, -0.15) is 0 Å². The molecule has 0 saturated heterocycles.